The number of nitrogens with zero attached hydrogens (tertiary/aromatic N) is 3. The van der Waals surface area contributed by atoms with E-state index in [1.807, 2.05) is 0 Å². The van der Waals surface area contributed by atoms with Crippen LogP contribution in [0, 0.1) is 0 Å². The summed E-state index contributed by atoms with van der Waals surface area (Å²) in [5.41, 5.74) is 18.0. The van der Waals surface area contributed by atoms with Gasteiger partial charge in [0.15, 0.2) is 0 Å². The van der Waals surface area contributed by atoms with Crippen molar-refractivity contribution in [2.75, 3.05) is 14.7 Å². The first-order valence-corrected chi connectivity index (χ1v) is 22.2. The van der Waals surface area contributed by atoms with Crippen LogP contribution in [0.15, 0.2) is 255 Å². The lowest BCUT2D eigenvalue weighted by Crippen LogP contribution is -2.59. The average molecular weight is 832 g/mol. The second-order valence-electron chi connectivity index (χ2n) is 16.5. The van der Waals surface area contributed by atoms with Crippen molar-refractivity contribution in [3.8, 4) is 33.8 Å². The smallest absolute Gasteiger partial charge is 0.256 e. The Balaban J connectivity index is 1.00. The highest BCUT2D eigenvalue weighted by Crippen LogP contribution is 2.45. The highest BCUT2D eigenvalue weighted by Gasteiger charge is 2.42. The molecule has 0 saturated carbocycles. The van der Waals surface area contributed by atoms with Crippen LogP contribution in [0.25, 0.3) is 22.3 Å². The Labute approximate surface area is 380 Å². The summed E-state index contributed by atoms with van der Waals surface area (Å²) in [6, 6.07) is 91.0. The van der Waals surface area contributed by atoms with Crippen LogP contribution in [-0.2, 0) is 0 Å². The molecule has 0 amide bonds. The van der Waals surface area contributed by atoms with E-state index < -0.39 is 0 Å². The van der Waals surface area contributed by atoms with Crippen LogP contribution in [0.3, 0.4) is 0 Å². The number of hydrogen-bond donors (Lipinski definition) is 0. The van der Waals surface area contributed by atoms with E-state index in [-0.39, 0.29) is 6.71 Å². The van der Waals surface area contributed by atoms with Gasteiger partial charge >= 0.3 is 0 Å². The zero-order valence-corrected chi connectivity index (χ0v) is 35.6. The second-order valence-corrected chi connectivity index (χ2v) is 16.5. The van der Waals surface area contributed by atoms with Gasteiger partial charge in [0.1, 0.15) is 11.5 Å². The molecule has 4 nitrogen and oxygen atoms in total. The third kappa shape index (κ3) is 6.91. The predicted octanol–water partition coefficient (Wildman–Crippen LogP) is 14.4. The lowest BCUT2D eigenvalue weighted by Gasteiger charge is -2.41. The Morgan fingerprint density at radius 3 is 1.28 bits per heavy atom. The van der Waals surface area contributed by atoms with Gasteiger partial charge in [0, 0.05) is 57.3 Å². The molecule has 10 aromatic carbocycles. The maximum absolute atomic E-state index is 7.06. The molecule has 0 N–H and O–H groups in total. The van der Waals surface area contributed by atoms with Crippen molar-refractivity contribution in [3.63, 3.8) is 0 Å². The van der Waals surface area contributed by atoms with Gasteiger partial charge in [-0.1, -0.05) is 158 Å². The molecule has 5 heteroatoms. The molecule has 0 atom stereocenters. The van der Waals surface area contributed by atoms with Gasteiger partial charge in [-0.15, -0.1) is 0 Å². The molecule has 2 aliphatic rings. The minimum atomic E-state index is -0.0614. The van der Waals surface area contributed by atoms with Crippen LogP contribution in [0.1, 0.15) is 0 Å². The van der Waals surface area contributed by atoms with E-state index in [2.05, 4.69) is 269 Å². The largest absolute Gasteiger partial charge is 0.458 e. The molecule has 0 bridgehead atoms. The highest BCUT2D eigenvalue weighted by molar-refractivity contribution is 6.99. The molecule has 0 radical (unpaired) electrons. The first-order chi connectivity index (χ1) is 32.2. The average Bonchev–Trinajstić information content (AvgIpc) is 3.38. The van der Waals surface area contributed by atoms with Crippen molar-refractivity contribution in [1.29, 1.82) is 0 Å². The normalized spacial score (nSPS) is 12.1. The van der Waals surface area contributed by atoms with Crippen LogP contribution >= 0.6 is 0 Å². The minimum absolute atomic E-state index is 0.0614. The fourth-order valence-electron chi connectivity index (χ4n) is 9.70. The van der Waals surface area contributed by atoms with E-state index >= 15 is 0 Å². The predicted molar refractivity (Wildman–Crippen MR) is 273 cm³/mol. The molecule has 2 heterocycles. The van der Waals surface area contributed by atoms with E-state index in [0.29, 0.717) is 0 Å². The second kappa shape index (κ2) is 16.3. The number of fused-ring (bicyclic) bond motifs is 4. The van der Waals surface area contributed by atoms with Gasteiger partial charge in [-0.3, -0.25) is 0 Å². The lowest BCUT2D eigenvalue weighted by atomic mass is 9.34. The number of benzene rings is 10. The molecule has 12 rings (SSSR count). The third-order valence-electron chi connectivity index (χ3n) is 12.7. The van der Waals surface area contributed by atoms with Crippen molar-refractivity contribution in [2.45, 2.75) is 0 Å². The summed E-state index contributed by atoms with van der Waals surface area (Å²) < 4.78 is 7.06. The maximum atomic E-state index is 7.06. The molecule has 306 valence electrons. The van der Waals surface area contributed by atoms with Crippen molar-refractivity contribution in [1.82, 2.24) is 0 Å². The van der Waals surface area contributed by atoms with Gasteiger partial charge in [-0.2, -0.15) is 0 Å². The van der Waals surface area contributed by atoms with Crippen LogP contribution in [0.2, 0.25) is 0 Å². The van der Waals surface area contributed by atoms with Crippen LogP contribution < -0.4 is 35.8 Å². The quantitative estimate of drug-likeness (QED) is 0.135. The van der Waals surface area contributed by atoms with E-state index in [4.69, 9.17) is 4.74 Å². The Kier molecular flexibility index (Phi) is 9.57. The first kappa shape index (κ1) is 38.2. The van der Waals surface area contributed by atoms with E-state index in [1.165, 1.54) is 33.2 Å². The molecule has 10 aromatic rings. The summed E-state index contributed by atoms with van der Waals surface area (Å²) in [6.45, 7) is -0.0614. The molecular formula is C60H42BN3O. The highest BCUT2D eigenvalue weighted by atomic mass is 16.5. The summed E-state index contributed by atoms with van der Waals surface area (Å²) in [6.07, 6.45) is 0. The first-order valence-electron chi connectivity index (χ1n) is 22.2. The van der Waals surface area contributed by atoms with E-state index in [0.717, 1.165) is 68.1 Å². The molecule has 0 fully saturated rings. The standard InChI is InChI=1S/C60H42BN3O/c1-6-17-43(18-7-1)45-29-33-50(34-30-45)63(51-35-31-46(32-36-51)44-19-8-2-9-20-44)53-38-40-55-59(42-53)65-58-28-16-27-56-60(58)61(55)54-39-37-52(41-57(54)64(56)49-25-14-5-15-26-49)62(47-21-10-3-11-22-47)48-23-12-4-13-24-48/h1-42H. The molecule has 0 aromatic heterocycles. The summed E-state index contributed by atoms with van der Waals surface area (Å²) in [5.74, 6) is 1.72. The van der Waals surface area contributed by atoms with Gasteiger partial charge in [0.25, 0.3) is 6.71 Å². The molecule has 65 heavy (non-hydrogen) atoms. The minimum Gasteiger partial charge on any atom is -0.458 e. The summed E-state index contributed by atoms with van der Waals surface area (Å²) in [5, 5.41) is 0. The SMILES string of the molecule is c1ccc(-c2ccc(N(c3ccc(-c4ccccc4)cc3)c3ccc4c(c3)Oc3cccc5c3B4c3ccc(N(c4ccccc4)c4ccccc4)cc3N5c3ccccc3)cc2)cc1. The van der Waals surface area contributed by atoms with E-state index in [9.17, 15) is 0 Å². The van der Waals surface area contributed by atoms with Crippen molar-refractivity contribution < 1.29 is 4.74 Å². The fourth-order valence-corrected chi connectivity index (χ4v) is 9.70. The monoisotopic (exact) mass is 831 g/mol. The van der Waals surface area contributed by atoms with Crippen LogP contribution in [0.5, 0.6) is 11.5 Å². The summed E-state index contributed by atoms with van der Waals surface area (Å²) >= 11 is 0. The van der Waals surface area contributed by atoms with Gasteiger partial charge in [0.2, 0.25) is 0 Å². The Bertz CT molecular complexity index is 3150. The molecule has 2 aliphatic heterocycles. The summed E-state index contributed by atoms with van der Waals surface area (Å²) in [7, 11) is 0. The topological polar surface area (TPSA) is 19.0 Å². The number of anilines is 9. The number of ether oxygens (including phenoxy) is 1. The number of hydrogen-bond acceptors (Lipinski definition) is 4. The maximum Gasteiger partial charge on any atom is 0.256 e. The zero-order valence-electron chi connectivity index (χ0n) is 35.6. The molecular weight excluding hydrogens is 789 g/mol. The Hall–Kier alpha value is -8.54. The Morgan fingerprint density at radius 2 is 0.738 bits per heavy atom. The van der Waals surface area contributed by atoms with Gasteiger partial charge in [-0.25, -0.2) is 0 Å². The van der Waals surface area contributed by atoms with Crippen LogP contribution in [-0.4, -0.2) is 6.71 Å². The van der Waals surface area contributed by atoms with Gasteiger partial charge in [-0.05, 0) is 130 Å². The molecule has 0 aliphatic carbocycles. The summed E-state index contributed by atoms with van der Waals surface area (Å²) in [4.78, 5) is 7.08. The lowest BCUT2D eigenvalue weighted by molar-refractivity contribution is 0.487. The van der Waals surface area contributed by atoms with Crippen LogP contribution in [0.4, 0.5) is 51.2 Å². The number of rotatable bonds is 9. The molecule has 0 spiro atoms. The van der Waals surface area contributed by atoms with Crippen molar-refractivity contribution >= 4 is 74.3 Å². The van der Waals surface area contributed by atoms with Gasteiger partial charge in [0.05, 0.1) is 0 Å². The van der Waals surface area contributed by atoms with Gasteiger partial charge < -0.3 is 19.4 Å². The zero-order chi connectivity index (χ0) is 43.1. The molecule has 0 unspecified atom stereocenters. The Morgan fingerprint density at radius 1 is 0.308 bits per heavy atom. The van der Waals surface area contributed by atoms with Crippen molar-refractivity contribution in [3.05, 3.63) is 255 Å². The number of para-hydroxylation sites is 3. The van der Waals surface area contributed by atoms with Crippen molar-refractivity contribution in [2.24, 2.45) is 0 Å². The molecule has 0 saturated heterocycles. The third-order valence-corrected chi connectivity index (χ3v) is 12.7. The fraction of sp³-hybridized carbons (Fsp3) is 0. The van der Waals surface area contributed by atoms with E-state index in [1.54, 1.807) is 0 Å².